The van der Waals surface area contributed by atoms with Crippen LogP contribution in [0.1, 0.15) is 28.8 Å². The summed E-state index contributed by atoms with van der Waals surface area (Å²) in [6, 6.07) is 5.33. The predicted octanol–water partition coefficient (Wildman–Crippen LogP) is 3.52. The SMILES string of the molecule is CCOC(=O)COc1c(Cl)cc(/C=C2\NC(=O)N(Cc3ccc(C(=O)OC)o3)C2=O)cc1Br. The number of nitrogens with zero attached hydrogens (tertiary/aromatic N) is 1. The minimum Gasteiger partial charge on any atom is -0.479 e. The van der Waals surface area contributed by atoms with Crippen LogP contribution < -0.4 is 10.1 Å². The lowest BCUT2D eigenvalue weighted by atomic mass is 10.2. The second-order valence-electron chi connectivity index (χ2n) is 6.54. The highest BCUT2D eigenvalue weighted by Crippen LogP contribution is 2.35. The number of urea groups is 1. The third-order valence-electron chi connectivity index (χ3n) is 4.30. The summed E-state index contributed by atoms with van der Waals surface area (Å²) in [5.74, 6) is -1.38. The number of halogens is 2. The van der Waals surface area contributed by atoms with E-state index in [0.29, 0.717) is 10.0 Å². The maximum absolute atomic E-state index is 12.7. The number of esters is 2. The molecule has 33 heavy (non-hydrogen) atoms. The number of benzene rings is 1. The van der Waals surface area contributed by atoms with Gasteiger partial charge in [-0.2, -0.15) is 0 Å². The van der Waals surface area contributed by atoms with E-state index in [0.717, 1.165) is 4.90 Å². The van der Waals surface area contributed by atoms with Gasteiger partial charge in [-0.1, -0.05) is 11.6 Å². The van der Waals surface area contributed by atoms with Gasteiger partial charge < -0.3 is 23.9 Å². The first-order valence-corrected chi connectivity index (χ1v) is 10.7. The van der Waals surface area contributed by atoms with Crippen LogP contribution in [-0.2, 0) is 25.6 Å². The van der Waals surface area contributed by atoms with E-state index >= 15 is 0 Å². The first kappa shape index (κ1) is 24.3. The van der Waals surface area contributed by atoms with Gasteiger partial charge in [-0.25, -0.2) is 14.4 Å². The third kappa shape index (κ3) is 5.74. The number of rotatable bonds is 8. The summed E-state index contributed by atoms with van der Waals surface area (Å²) in [5.41, 5.74) is 0.509. The molecule has 2 heterocycles. The van der Waals surface area contributed by atoms with Crippen LogP contribution >= 0.6 is 27.5 Å². The molecule has 12 heteroatoms. The fourth-order valence-electron chi connectivity index (χ4n) is 2.85. The number of ether oxygens (including phenoxy) is 3. The van der Waals surface area contributed by atoms with Crippen molar-refractivity contribution >= 4 is 57.5 Å². The highest BCUT2D eigenvalue weighted by Gasteiger charge is 2.34. The Bertz CT molecular complexity index is 1120. The molecule has 1 fully saturated rings. The summed E-state index contributed by atoms with van der Waals surface area (Å²) < 4.78 is 20.5. The molecule has 3 rings (SSSR count). The Morgan fingerprint density at radius 3 is 2.70 bits per heavy atom. The van der Waals surface area contributed by atoms with Crippen molar-refractivity contribution in [1.29, 1.82) is 0 Å². The minimum atomic E-state index is -0.670. The summed E-state index contributed by atoms with van der Waals surface area (Å²) in [5, 5.41) is 2.67. The Kier molecular flexibility index (Phi) is 7.77. The van der Waals surface area contributed by atoms with Crippen LogP contribution in [0.5, 0.6) is 5.75 Å². The van der Waals surface area contributed by atoms with Crippen LogP contribution in [-0.4, -0.2) is 49.1 Å². The van der Waals surface area contributed by atoms with Gasteiger partial charge in [0, 0.05) is 0 Å². The summed E-state index contributed by atoms with van der Waals surface area (Å²) in [6.07, 6.45) is 1.44. The molecule has 1 saturated heterocycles. The zero-order chi connectivity index (χ0) is 24.1. The van der Waals surface area contributed by atoms with E-state index in [-0.39, 0.29) is 47.7 Å². The van der Waals surface area contributed by atoms with E-state index < -0.39 is 23.9 Å². The average Bonchev–Trinajstić information content (AvgIpc) is 3.33. The van der Waals surface area contributed by atoms with Gasteiger partial charge in [-0.3, -0.25) is 9.69 Å². The number of imide groups is 1. The predicted molar refractivity (Wildman–Crippen MR) is 118 cm³/mol. The molecular formula is C21H18BrClN2O8. The maximum atomic E-state index is 12.7. The van der Waals surface area contributed by atoms with Crippen molar-refractivity contribution in [3.05, 3.63) is 56.5 Å². The largest absolute Gasteiger partial charge is 0.479 e. The molecule has 2 aromatic rings. The fraction of sp³-hybridized carbons (Fsp3) is 0.238. The van der Waals surface area contributed by atoms with Gasteiger partial charge in [0.15, 0.2) is 12.4 Å². The molecule has 1 aromatic heterocycles. The molecule has 174 valence electrons. The van der Waals surface area contributed by atoms with Crippen molar-refractivity contribution in [2.45, 2.75) is 13.5 Å². The highest BCUT2D eigenvalue weighted by molar-refractivity contribution is 9.10. The quantitative estimate of drug-likeness (QED) is 0.306. The number of carbonyl (C=O) groups excluding carboxylic acids is 4. The Balaban J connectivity index is 1.74. The lowest BCUT2D eigenvalue weighted by Crippen LogP contribution is -2.30. The van der Waals surface area contributed by atoms with E-state index in [1.54, 1.807) is 13.0 Å². The molecule has 0 bridgehead atoms. The average molecular weight is 542 g/mol. The molecule has 0 spiro atoms. The second kappa shape index (κ2) is 10.5. The second-order valence-corrected chi connectivity index (χ2v) is 7.81. The van der Waals surface area contributed by atoms with E-state index in [1.165, 1.54) is 31.4 Å². The molecular weight excluding hydrogens is 524 g/mol. The zero-order valence-corrected chi connectivity index (χ0v) is 19.8. The van der Waals surface area contributed by atoms with Crippen LogP contribution in [0.4, 0.5) is 4.79 Å². The number of amides is 3. The van der Waals surface area contributed by atoms with Gasteiger partial charge >= 0.3 is 18.0 Å². The molecule has 3 amide bonds. The number of hydrogen-bond acceptors (Lipinski definition) is 8. The summed E-state index contributed by atoms with van der Waals surface area (Å²) in [6.45, 7) is 1.42. The van der Waals surface area contributed by atoms with E-state index in [2.05, 4.69) is 26.0 Å². The number of nitrogens with one attached hydrogen (secondary N) is 1. The van der Waals surface area contributed by atoms with Crippen molar-refractivity contribution in [2.75, 3.05) is 20.3 Å². The summed E-state index contributed by atoms with van der Waals surface area (Å²) in [4.78, 5) is 48.9. The van der Waals surface area contributed by atoms with Gasteiger partial charge in [0.25, 0.3) is 5.91 Å². The number of furan rings is 1. The number of carbonyl (C=O) groups is 4. The Hall–Kier alpha value is -3.31. The molecule has 1 aliphatic rings. The molecule has 0 aliphatic carbocycles. The van der Waals surface area contributed by atoms with E-state index in [4.69, 9.17) is 25.5 Å². The van der Waals surface area contributed by atoms with Crippen molar-refractivity contribution in [2.24, 2.45) is 0 Å². The van der Waals surface area contributed by atoms with Gasteiger partial charge in [-0.05, 0) is 58.8 Å². The fourth-order valence-corrected chi connectivity index (χ4v) is 3.83. The molecule has 0 atom stereocenters. The highest BCUT2D eigenvalue weighted by atomic mass is 79.9. The van der Waals surface area contributed by atoms with Gasteiger partial charge in [-0.15, -0.1) is 0 Å². The standard InChI is InChI=1S/C21H18BrClN2O8/c1-3-31-17(26)10-32-18-13(22)6-11(7-14(18)23)8-15-19(27)25(21(29)24-15)9-12-4-5-16(33-12)20(28)30-2/h4-8H,3,9-10H2,1-2H3,(H,24,29)/b15-8-. The summed E-state index contributed by atoms with van der Waals surface area (Å²) in [7, 11) is 1.21. The Morgan fingerprint density at radius 2 is 2.03 bits per heavy atom. The molecule has 0 radical (unpaired) electrons. The molecule has 1 N–H and O–H groups in total. The van der Waals surface area contributed by atoms with Gasteiger partial charge in [0.05, 0.1) is 29.8 Å². The van der Waals surface area contributed by atoms with Crippen molar-refractivity contribution in [3.8, 4) is 5.75 Å². The third-order valence-corrected chi connectivity index (χ3v) is 5.17. The van der Waals surface area contributed by atoms with Crippen LogP contribution in [0.15, 0.2) is 38.9 Å². The van der Waals surface area contributed by atoms with Crippen LogP contribution in [0, 0.1) is 0 Å². The number of hydrogen-bond donors (Lipinski definition) is 1. The lowest BCUT2D eigenvalue weighted by Gasteiger charge is -2.11. The molecule has 10 nitrogen and oxygen atoms in total. The molecule has 1 aliphatic heterocycles. The normalized spacial score (nSPS) is 14.4. The number of methoxy groups -OCH3 is 1. The van der Waals surface area contributed by atoms with Crippen molar-refractivity contribution in [1.82, 2.24) is 10.2 Å². The maximum Gasteiger partial charge on any atom is 0.373 e. The zero-order valence-electron chi connectivity index (χ0n) is 17.5. The Labute approximate surface area is 201 Å². The molecule has 0 unspecified atom stereocenters. The minimum absolute atomic E-state index is 0.0166. The van der Waals surface area contributed by atoms with Crippen LogP contribution in [0.25, 0.3) is 6.08 Å². The van der Waals surface area contributed by atoms with Crippen molar-refractivity contribution < 1.29 is 37.8 Å². The first-order chi connectivity index (χ1) is 15.7. The van der Waals surface area contributed by atoms with Crippen LogP contribution in [0.3, 0.4) is 0 Å². The van der Waals surface area contributed by atoms with Crippen LogP contribution in [0.2, 0.25) is 5.02 Å². The lowest BCUT2D eigenvalue weighted by molar-refractivity contribution is -0.145. The molecule has 1 aromatic carbocycles. The topological polar surface area (TPSA) is 124 Å². The monoisotopic (exact) mass is 540 g/mol. The smallest absolute Gasteiger partial charge is 0.373 e. The van der Waals surface area contributed by atoms with E-state index in [1.807, 2.05) is 0 Å². The van der Waals surface area contributed by atoms with Gasteiger partial charge in [0.2, 0.25) is 5.76 Å². The van der Waals surface area contributed by atoms with E-state index in [9.17, 15) is 19.2 Å². The van der Waals surface area contributed by atoms with Gasteiger partial charge in [0.1, 0.15) is 11.5 Å². The first-order valence-electron chi connectivity index (χ1n) is 9.52. The Morgan fingerprint density at radius 1 is 1.27 bits per heavy atom. The molecule has 0 saturated carbocycles. The van der Waals surface area contributed by atoms with Crippen molar-refractivity contribution in [3.63, 3.8) is 0 Å². The summed E-state index contributed by atoms with van der Waals surface area (Å²) >= 11 is 9.57.